The molecule has 0 fully saturated rings. The van der Waals surface area contributed by atoms with E-state index in [0.717, 1.165) is 6.26 Å². The summed E-state index contributed by atoms with van der Waals surface area (Å²) in [4.78, 5) is 17.2. The van der Waals surface area contributed by atoms with Crippen molar-refractivity contribution in [3.05, 3.63) is 64.7 Å². The lowest BCUT2D eigenvalue weighted by molar-refractivity contribution is 0.578. The van der Waals surface area contributed by atoms with Crippen LogP contribution in [0.2, 0.25) is 0 Å². The van der Waals surface area contributed by atoms with Gasteiger partial charge >= 0.3 is 0 Å². The first-order chi connectivity index (χ1) is 14.4. The number of aryl methyl sites for hydroxylation is 1. The zero-order valence-electron chi connectivity index (χ0n) is 16.3. The number of imidazole rings is 1. The molecule has 0 aliphatic heterocycles. The minimum absolute atomic E-state index is 0.0337. The minimum atomic E-state index is -3.57. The number of benzene rings is 2. The van der Waals surface area contributed by atoms with E-state index in [0.29, 0.717) is 40.1 Å². The highest BCUT2D eigenvalue weighted by atomic mass is 32.2. The third-order valence-corrected chi connectivity index (χ3v) is 6.12. The van der Waals surface area contributed by atoms with Crippen molar-refractivity contribution in [1.29, 1.82) is 0 Å². The van der Waals surface area contributed by atoms with Crippen LogP contribution in [0.4, 0.5) is 0 Å². The maximum absolute atomic E-state index is 12.8. The molecule has 5 aromatic rings. The number of rotatable bonds is 4. The fraction of sp³-hybridized carbons (Fsp3) is 0.200. The summed E-state index contributed by atoms with van der Waals surface area (Å²) in [5.74, 6) is 0.929. The first-order valence-electron chi connectivity index (χ1n) is 9.41. The van der Waals surface area contributed by atoms with Crippen LogP contribution in [0.15, 0.2) is 58.5 Å². The molecule has 0 radical (unpaired) electrons. The van der Waals surface area contributed by atoms with Crippen LogP contribution in [0.3, 0.4) is 0 Å². The van der Waals surface area contributed by atoms with Crippen LogP contribution in [0.5, 0.6) is 0 Å². The summed E-state index contributed by atoms with van der Waals surface area (Å²) in [6.07, 6.45) is 1.14. The molecular weight excluding hydrogens is 404 g/mol. The van der Waals surface area contributed by atoms with Gasteiger partial charge in [0.2, 0.25) is 20.8 Å². The van der Waals surface area contributed by atoms with E-state index in [2.05, 4.69) is 15.2 Å². The first kappa shape index (κ1) is 18.5. The van der Waals surface area contributed by atoms with Crippen molar-refractivity contribution in [3.8, 4) is 0 Å². The predicted molar refractivity (Wildman–Crippen MR) is 112 cm³/mol. The van der Waals surface area contributed by atoms with E-state index in [1.54, 1.807) is 25.7 Å². The Bertz CT molecular complexity index is 1610. The third kappa shape index (κ3) is 2.64. The van der Waals surface area contributed by atoms with Gasteiger partial charge in [-0.3, -0.25) is 13.8 Å². The monoisotopic (exact) mass is 422 g/mol. The van der Waals surface area contributed by atoms with Crippen molar-refractivity contribution in [1.82, 2.24) is 28.7 Å². The average Bonchev–Trinajstić information content (AvgIpc) is 3.31. The predicted octanol–water partition coefficient (Wildman–Crippen LogP) is 1.87. The van der Waals surface area contributed by atoms with Gasteiger partial charge in [-0.1, -0.05) is 24.3 Å². The number of para-hydroxylation sites is 3. The Morgan fingerprint density at radius 1 is 0.933 bits per heavy atom. The molecule has 0 amide bonds. The molecular formula is C20H18N6O3S. The minimum Gasteiger partial charge on any atom is -0.307 e. The van der Waals surface area contributed by atoms with Crippen molar-refractivity contribution >= 4 is 37.6 Å². The highest BCUT2D eigenvalue weighted by Crippen LogP contribution is 2.22. The lowest BCUT2D eigenvalue weighted by Gasteiger charge is -2.11. The fourth-order valence-corrected chi connectivity index (χ4v) is 4.66. The molecule has 0 bridgehead atoms. The lowest BCUT2D eigenvalue weighted by Crippen LogP contribution is -2.23. The summed E-state index contributed by atoms with van der Waals surface area (Å²) < 4.78 is 29.8. The second kappa shape index (κ2) is 6.49. The number of hydrogen-bond donors (Lipinski definition) is 0. The molecule has 9 nitrogen and oxygen atoms in total. The molecule has 0 spiro atoms. The summed E-state index contributed by atoms with van der Waals surface area (Å²) in [7, 11) is -3.57. The van der Waals surface area contributed by atoms with E-state index in [9.17, 15) is 13.2 Å². The van der Waals surface area contributed by atoms with Gasteiger partial charge in [0.15, 0.2) is 5.82 Å². The van der Waals surface area contributed by atoms with Gasteiger partial charge in [-0.25, -0.2) is 13.4 Å². The molecule has 2 aromatic carbocycles. The molecule has 30 heavy (non-hydrogen) atoms. The van der Waals surface area contributed by atoms with Crippen molar-refractivity contribution in [3.63, 3.8) is 0 Å². The highest BCUT2D eigenvalue weighted by molar-refractivity contribution is 7.90. The molecule has 10 heteroatoms. The molecule has 0 unspecified atom stereocenters. The highest BCUT2D eigenvalue weighted by Gasteiger charge is 2.22. The zero-order chi connectivity index (χ0) is 21.0. The van der Waals surface area contributed by atoms with Gasteiger partial charge in [0, 0.05) is 12.8 Å². The summed E-state index contributed by atoms with van der Waals surface area (Å²) in [5, 5.41) is 9.07. The van der Waals surface area contributed by atoms with Gasteiger partial charge in [-0.05, 0) is 31.2 Å². The van der Waals surface area contributed by atoms with Crippen LogP contribution in [-0.4, -0.2) is 43.4 Å². The fourth-order valence-electron chi connectivity index (χ4n) is 3.83. The van der Waals surface area contributed by atoms with Gasteiger partial charge in [0.05, 0.1) is 28.5 Å². The topological polar surface area (TPSA) is 104 Å². The molecule has 0 atom stereocenters. The van der Waals surface area contributed by atoms with Gasteiger partial charge in [0.1, 0.15) is 0 Å². The molecule has 3 heterocycles. The molecule has 0 saturated carbocycles. The maximum atomic E-state index is 12.8. The number of aromatic nitrogens is 6. The van der Waals surface area contributed by atoms with E-state index >= 15 is 0 Å². The van der Waals surface area contributed by atoms with E-state index in [4.69, 9.17) is 0 Å². The summed E-state index contributed by atoms with van der Waals surface area (Å²) in [5.41, 5.74) is 1.81. The van der Waals surface area contributed by atoms with Crippen LogP contribution in [0, 0.1) is 0 Å². The Morgan fingerprint density at radius 3 is 2.37 bits per heavy atom. The van der Waals surface area contributed by atoms with Gasteiger partial charge in [-0.15, -0.1) is 10.2 Å². The average molecular weight is 422 g/mol. The van der Waals surface area contributed by atoms with Crippen LogP contribution in [0.1, 0.15) is 12.7 Å². The van der Waals surface area contributed by atoms with Crippen molar-refractivity contribution < 1.29 is 8.42 Å². The molecule has 0 N–H and O–H groups in total. The molecule has 3 aromatic heterocycles. The lowest BCUT2D eigenvalue weighted by atomic mass is 10.2. The molecule has 0 aliphatic carbocycles. The number of fused-ring (bicyclic) bond motifs is 4. The van der Waals surface area contributed by atoms with Gasteiger partial charge in [0.25, 0.3) is 5.56 Å². The van der Waals surface area contributed by atoms with Crippen LogP contribution >= 0.6 is 0 Å². The Hall–Kier alpha value is -3.53. The summed E-state index contributed by atoms with van der Waals surface area (Å²) >= 11 is 0. The van der Waals surface area contributed by atoms with Crippen LogP contribution < -0.4 is 5.56 Å². The summed E-state index contributed by atoms with van der Waals surface area (Å²) in [6, 6.07) is 14.5. The summed E-state index contributed by atoms with van der Waals surface area (Å²) in [6.45, 7) is 2.44. The zero-order valence-corrected chi connectivity index (χ0v) is 17.2. The van der Waals surface area contributed by atoms with Crippen molar-refractivity contribution in [2.45, 2.75) is 25.2 Å². The molecule has 152 valence electrons. The van der Waals surface area contributed by atoms with Crippen LogP contribution in [0.25, 0.3) is 27.7 Å². The van der Waals surface area contributed by atoms with Crippen molar-refractivity contribution in [2.24, 2.45) is 0 Å². The molecule has 0 saturated heterocycles. The smallest absolute Gasteiger partial charge is 0.262 e. The van der Waals surface area contributed by atoms with E-state index < -0.39 is 9.84 Å². The van der Waals surface area contributed by atoms with Gasteiger partial charge in [-0.2, -0.15) is 0 Å². The number of nitrogens with zero attached hydrogens (tertiary/aromatic N) is 6. The Balaban J connectivity index is 1.83. The standard InChI is InChI=1S/C20H18N6O3S/c1-3-24-18(27)13-8-4-6-10-15(13)26-17(22-23-19(24)26)12-25-16-11-7-5-9-14(16)21-20(25)30(2,28)29/h4-11H,3,12H2,1-2H3. The SMILES string of the molecule is CCn1c(=O)c2ccccc2n2c(Cn3c(S(C)(=O)=O)nc4ccccc43)nnc12. The van der Waals surface area contributed by atoms with Crippen LogP contribution in [-0.2, 0) is 22.9 Å². The number of hydrogen-bond acceptors (Lipinski definition) is 6. The first-order valence-corrected chi connectivity index (χ1v) is 11.3. The largest absolute Gasteiger partial charge is 0.307 e. The Labute approximate surface area is 171 Å². The second-order valence-corrected chi connectivity index (χ2v) is 8.97. The molecule has 0 aliphatic rings. The second-order valence-electron chi connectivity index (χ2n) is 7.06. The number of sulfone groups is 1. The Morgan fingerprint density at radius 2 is 1.63 bits per heavy atom. The maximum Gasteiger partial charge on any atom is 0.262 e. The van der Waals surface area contributed by atoms with Crippen molar-refractivity contribution in [2.75, 3.05) is 6.26 Å². The van der Waals surface area contributed by atoms with E-state index in [1.165, 1.54) is 0 Å². The molecule has 5 rings (SSSR count). The van der Waals surface area contributed by atoms with E-state index in [1.807, 2.05) is 43.3 Å². The third-order valence-electron chi connectivity index (χ3n) is 5.14. The normalized spacial score (nSPS) is 12.3. The van der Waals surface area contributed by atoms with E-state index in [-0.39, 0.29) is 17.3 Å². The van der Waals surface area contributed by atoms with Gasteiger partial charge < -0.3 is 4.57 Å². The quantitative estimate of drug-likeness (QED) is 0.438. The Kier molecular flexibility index (Phi) is 4.00.